The molecule has 2 aromatic rings. The van der Waals surface area contributed by atoms with E-state index >= 15 is 0 Å². The van der Waals surface area contributed by atoms with E-state index in [1.807, 2.05) is 12.1 Å². The van der Waals surface area contributed by atoms with Gasteiger partial charge in [-0.15, -0.1) is 0 Å². The fourth-order valence-electron chi connectivity index (χ4n) is 3.69. The number of anilines is 1. The predicted molar refractivity (Wildman–Crippen MR) is 80.1 cm³/mol. The highest BCUT2D eigenvalue weighted by molar-refractivity contribution is 5.79. The van der Waals surface area contributed by atoms with Gasteiger partial charge in [0.15, 0.2) is 0 Å². The van der Waals surface area contributed by atoms with Crippen molar-refractivity contribution in [2.75, 3.05) is 5.73 Å². The van der Waals surface area contributed by atoms with E-state index in [1.54, 1.807) is 0 Å². The van der Waals surface area contributed by atoms with Crippen molar-refractivity contribution in [1.82, 2.24) is 9.55 Å². The van der Waals surface area contributed by atoms with E-state index in [4.69, 9.17) is 5.73 Å². The zero-order chi connectivity index (χ0) is 13.6. The van der Waals surface area contributed by atoms with E-state index in [0.717, 1.165) is 28.9 Å². The Labute approximate surface area is 114 Å². The molecule has 3 atom stereocenters. The zero-order valence-corrected chi connectivity index (χ0v) is 12.1. The molecular formula is C16H23N3. The Hall–Kier alpha value is -1.51. The predicted octanol–water partition coefficient (Wildman–Crippen LogP) is 3.92. The lowest BCUT2D eigenvalue weighted by Gasteiger charge is -2.34. The van der Waals surface area contributed by atoms with Crippen LogP contribution in [0, 0.1) is 18.8 Å². The molecule has 0 radical (unpaired) electrons. The number of nitrogens with zero attached hydrogens (tertiary/aromatic N) is 2. The molecule has 1 saturated carbocycles. The quantitative estimate of drug-likeness (QED) is 0.787. The van der Waals surface area contributed by atoms with Gasteiger partial charge in [-0.3, -0.25) is 0 Å². The highest BCUT2D eigenvalue weighted by Gasteiger charge is 2.28. The molecule has 2 N–H and O–H groups in total. The highest BCUT2D eigenvalue weighted by Crippen LogP contribution is 2.39. The van der Waals surface area contributed by atoms with Gasteiger partial charge in [0.05, 0.1) is 11.0 Å². The highest BCUT2D eigenvalue weighted by atomic mass is 15.1. The maximum atomic E-state index is 5.86. The summed E-state index contributed by atoms with van der Waals surface area (Å²) in [5.41, 5.74) is 8.92. The number of hydrogen-bond donors (Lipinski definition) is 1. The molecule has 0 saturated heterocycles. The number of rotatable bonds is 1. The molecule has 1 aliphatic carbocycles. The third kappa shape index (κ3) is 2.11. The maximum Gasteiger partial charge on any atom is 0.106 e. The van der Waals surface area contributed by atoms with Crippen molar-refractivity contribution in [2.24, 2.45) is 11.8 Å². The van der Waals surface area contributed by atoms with Crippen LogP contribution in [-0.2, 0) is 0 Å². The van der Waals surface area contributed by atoms with Crippen molar-refractivity contribution in [3.05, 3.63) is 24.0 Å². The molecule has 3 heteroatoms. The van der Waals surface area contributed by atoms with Crippen LogP contribution in [0.5, 0.6) is 0 Å². The first-order valence-corrected chi connectivity index (χ1v) is 7.30. The summed E-state index contributed by atoms with van der Waals surface area (Å²) in [6.45, 7) is 6.86. The standard InChI is InChI=1S/C16H23N3/c1-10-4-6-15(11(2)8-10)19-12(3)18-14-9-13(17)5-7-16(14)19/h5,7,9-11,15H,4,6,8,17H2,1-3H3. The Morgan fingerprint density at radius 1 is 1.26 bits per heavy atom. The van der Waals surface area contributed by atoms with Crippen LogP contribution in [0.25, 0.3) is 11.0 Å². The second-order valence-electron chi connectivity index (χ2n) is 6.24. The minimum atomic E-state index is 0.588. The molecule has 0 aliphatic heterocycles. The SMILES string of the molecule is Cc1nc2cc(N)ccc2n1C1CCC(C)CC1C. The molecule has 0 amide bonds. The van der Waals surface area contributed by atoms with E-state index in [-0.39, 0.29) is 0 Å². The second-order valence-corrected chi connectivity index (χ2v) is 6.24. The van der Waals surface area contributed by atoms with Crippen LogP contribution in [-0.4, -0.2) is 9.55 Å². The first kappa shape index (κ1) is 12.5. The lowest BCUT2D eigenvalue weighted by Crippen LogP contribution is -2.25. The summed E-state index contributed by atoms with van der Waals surface area (Å²) in [5, 5.41) is 0. The number of aromatic nitrogens is 2. The van der Waals surface area contributed by atoms with Crippen LogP contribution in [0.1, 0.15) is 45.0 Å². The number of fused-ring (bicyclic) bond motifs is 1. The fourth-order valence-corrected chi connectivity index (χ4v) is 3.69. The van der Waals surface area contributed by atoms with Crippen LogP contribution in [0.3, 0.4) is 0 Å². The van der Waals surface area contributed by atoms with E-state index in [0.29, 0.717) is 6.04 Å². The summed E-state index contributed by atoms with van der Waals surface area (Å²) in [5.74, 6) is 2.70. The molecular weight excluding hydrogens is 234 g/mol. The summed E-state index contributed by atoms with van der Waals surface area (Å²) >= 11 is 0. The van der Waals surface area contributed by atoms with Crippen LogP contribution >= 0.6 is 0 Å². The molecule has 0 spiro atoms. The van der Waals surface area contributed by atoms with E-state index in [9.17, 15) is 0 Å². The molecule has 3 unspecified atom stereocenters. The van der Waals surface area contributed by atoms with Crippen molar-refractivity contribution >= 4 is 16.7 Å². The van der Waals surface area contributed by atoms with Crippen LogP contribution in [0.15, 0.2) is 18.2 Å². The van der Waals surface area contributed by atoms with Crippen molar-refractivity contribution in [1.29, 1.82) is 0 Å². The number of nitrogen functional groups attached to an aromatic ring is 1. The smallest absolute Gasteiger partial charge is 0.106 e. The van der Waals surface area contributed by atoms with E-state index in [1.165, 1.54) is 24.8 Å². The minimum Gasteiger partial charge on any atom is -0.399 e. The van der Waals surface area contributed by atoms with Crippen LogP contribution in [0.2, 0.25) is 0 Å². The molecule has 1 aliphatic rings. The summed E-state index contributed by atoms with van der Waals surface area (Å²) in [6, 6.07) is 6.67. The van der Waals surface area contributed by atoms with Gasteiger partial charge in [0.1, 0.15) is 5.82 Å². The number of benzene rings is 1. The van der Waals surface area contributed by atoms with Gasteiger partial charge in [0.2, 0.25) is 0 Å². The first-order chi connectivity index (χ1) is 9.06. The van der Waals surface area contributed by atoms with Crippen molar-refractivity contribution in [3.8, 4) is 0 Å². The monoisotopic (exact) mass is 257 g/mol. The number of aryl methyl sites for hydroxylation is 1. The van der Waals surface area contributed by atoms with E-state index in [2.05, 4.69) is 36.4 Å². The average Bonchev–Trinajstić information content (AvgIpc) is 2.65. The van der Waals surface area contributed by atoms with E-state index < -0.39 is 0 Å². The first-order valence-electron chi connectivity index (χ1n) is 7.30. The van der Waals surface area contributed by atoms with Crippen molar-refractivity contribution in [2.45, 2.75) is 46.1 Å². The Morgan fingerprint density at radius 2 is 2.05 bits per heavy atom. The zero-order valence-electron chi connectivity index (χ0n) is 12.1. The van der Waals surface area contributed by atoms with Gasteiger partial charge < -0.3 is 10.3 Å². The molecule has 1 heterocycles. The molecule has 19 heavy (non-hydrogen) atoms. The number of nitrogens with two attached hydrogens (primary N) is 1. The Kier molecular flexibility index (Phi) is 3.00. The van der Waals surface area contributed by atoms with Gasteiger partial charge in [-0.05, 0) is 56.2 Å². The average molecular weight is 257 g/mol. The van der Waals surface area contributed by atoms with Crippen LogP contribution in [0.4, 0.5) is 5.69 Å². The number of imidazole rings is 1. The minimum absolute atomic E-state index is 0.588. The van der Waals surface area contributed by atoms with Gasteiger partial charge in [0.25, 0.3) is 0 Å². The third-order valence-corrected chi connectivity index (χ3v) is 4.61. The van der Waals surface area contributed by atoms with Gasteiger partial charge in [-0.2, -0.15) is 0 Å². The van der Waals surface area contributed by atoms with Crippen molar-refractivity contribution in [3.63, 3.8) is 0 Å². The van der Waals surface area contributed by atoms with Crippen molar-refractivity contribution < 1.29 is 0 Å². The second kappa shape index (κ2) is 4.55. The van der Waals surface area contributed by atoms with Crippen LogP contribution < -0.4 is 5.73 Å². The lowest BCUT2D eigenvalue weighted by atomic mass is 9.79. The van der Waals surface area contributed by atoms with Gasteiger partial charge >= 0.3 is 0 Å². The molecule has 0 bridgehead atoms. The van der Waals surface area contributed by atoms with Gasteiger partial charge in [0, 0.05) is 11.7 Å². The number of hydrogen-bond acceptors (Lipinski definition) is 2. The summed E-state index contributed by atoms with van der Waals surface area (Å²) in [4.78, 5) is 4.69. The lowest BCUT2D eigenvalue weighted by molar-refractivity contribution is 0.209. The molecule has 3 nitrogen and oxygen atoms in total. The summed E-state index contributed by atoms with van der Waals surface area (Å²) in [7, 11) is 0. The largest absolute Gasteiger partial charge is 0.399 e. The normalized spacial score (nSPS) is 27.8. The molecule has 1 fully saturated rings. The van der Waals surface area contributed by atoms with Gasteiger partial charge in [-0.25, -0.2) is 4.98 Å². The Balaban J connectivity index is 2.07. The Bertz CT molecular complexity index is 599. The Morgan fingerprint density at radius 3 is 2.79 bits per heavy atom. The molecule has 1 aromatic heterocycles. The van der Waals surface area contributed by atoms with Gasteiger partial charge in [-0.1, -0.05) is 13.8 Å². The topological polar surface area (TPSA) is 43.8 Å². The summed E-state index contributed by atoms with van der Waals surface area (Å²) < 4.78 is 2.44. The molecule has 1 aromatic carbocycles. The third-order valence-electron chi connectivity index (χ3n) is 4.61. The molecule has 102 valence electrons. The molecule has 3 rings (SSSR count). The summed E-state index contributed by atoms with van der Waals surface area (Å²) in [6.07, 6.45) is 3.90. The fraction of sp³-hybridized carbons (Fsp3) is 0.562. The maximum absolute atomic E-state index is 5.86.